The number of hydrogen-bond donors (Lipinski definition) is 1. The third-order valence-electron chi connectivity index (χ3n) is 2.20. The quantitative estimate of drug-likeness (QED) is 0.781. The van der Waals surface area contributed by atoms with E-state index in [1.165, 1.54) is 4.90 Å². The van der Waals surface area contributed by atoms with Gasteiger partial charge in [-0.3, -0.25) is 0 Å². The molecule has 15 heavy (non-hydrogen) atoms. The number of piperidine rings is 1. The summed E-state index contributed by atoms with van der Waals surface area (Å²) in [4.78, 5) is 11.7. The highest BCUT2D eigenvalue weighted by molar-refractivity contribution is 5.64. The van der Waals surface area contributed by atoms with Crippen molar-refractivity contribution in [3.63, 3.8) is 0 Å². The predicted molar refractivity (Wildman–Crippen MR) is 44.6 cm³/mol. The minimum atomic E-state index is -4.32. The molecule has 7 heteroatoms. The zero-order valence-corrected chi connectivity index (χ0v) is 7.96. The van der Waals surface area contributed by atoms with Crippen molar-refractivity contribution in [3.8, 4) is 0 Å². The summed E-state index contributed by atoms with van der Waals surface area (Å²) in [6, 6.07) is 0. The molecule has 4 nitrogen and oxygen atoms in total. The van der Waals surface area contributed by atoms with Crippen LogP contribution in [-0.2, 0) is 4.74 Å². The third-order valence-corrected chi connectivity index (χ3v) is 2.20. The molecule has 88 valence electrons. The van der Waals surface area contributed by atoms with Gasteiger partial charge in [0.2, 0.25) is 0 Å². The van der Waals surface area contributed by atoms with Gasteiger partial charge in [-0.15, -0.1) is 0 Å². The van der Waals surface area contributed by atoms with Crippen molar-refractivity contribution in [2.24, 2.45) is 0 Å². The molecule has 1 fully saturated rings. The second kappa shape index (κ2) is 4.69. The fourth-order valence-corrected chi connectivity index (χ4v) is 1.43. The Morgan fingerprint density at radius 1 is 1.40 bits per heavy atom. The van der Waals surface area contributed by atoms with Gasteiger partial charge in [-0.2, -0.15) is 13.2 Å². The standard InChI is InChI=1S/C8H12F3NO3/c9-8(10,11)5-15-6-1-3-12(4-2-6)7(13)14/h6H,1-5H2,(H,13,14). The molecule has 0 unspecified atom stereocenters. The van der Waals surface area contributed by atoms with E-state index in [-0.39, 0.29) is 13.1 Å². The van der Waals surface area contributed by atoms with Gasteiger partial charge < -0.3 is 14.7 Å². The normalized spacial score (nSPS) is 19.3. The monoisotopic (exact) mass is 227 g/mol. The Labute approximate surface area is 84.6 Å². The number of likely N-dealkylation sites (tertiary alicyclic amines) is 1. The van der Waals surface area contributed by atoms with Crippen molar-refractivity contribution in [2.75, 3.05) is 19.7 Å². The zero-order chi connectivity index (χ0) is 11.5. The fourth-order valence-electron chi connectivity index (χ4n) is 1.43. The zero-order valence-electron chi connectivity index (χ0n) is 7.96. The lowest BCUT2D eigenvalue weighted by Gasteiger charge is -2.30. The maximum atomic E-state index is 11.8. The number of amides is 1. The topological polar surface area (TPSA) is 49.8 Å². The number of rotatable bonds is 2. The van der Waals surface area contributed by atoms with E-state index in [0.29, 0.717) is 12.8 Å². The summed E-state index contributed by atoms with van der Waals surface area (Å²) in [5, 5.41) is 8.59. The number of hydrogen-bond acceptors (Lipinski definition) is 2. The average Bonchev–Trinajstić information content (AvgIpc) is 2.14. The summed E-state index contributed by atoms with van der Waals surface area (Å²) < 4.78 is 40.0. The molecule has 1 heterocycles. The van der Waals surface area contributed by atoms with Gasteiger partial charge in [0.1, 0.15) is 6.61 Å². The van der Waals surface area contributed by atoms with Crippen LogP contribution in [0.4, 0.5) is 18.0 Å². The summed E-state index contributed by atoms with van der Waals surface area (Å²) in [5.41, 5.74) is 0. The van der Waals surface area contributed by atoms with Gasteiger partial charge in [0.25, 0.3) is 0 Å². The van der Waals surface area contributed by atoms with Crippen LogP contribution in [0.5, 0.6) is 0 Å². The van der Waals surface area contributed by atoms with E-state index in [1.54, 1.807) is 0 Å². The Morgan fingerprint density at radius 2 is 1.93 bits per heavy atom. The van der Waals surface area contributed by atoms with Crippen LogP contribution in [-0.4, -0.2) is 48.1 Å². The lowest BCUT2D eigenvalue weighted by Crippen LogP contribution is -2.40. The van der Waals surface area contributed by atoms with Crippen molar-refractivity contribution in [3.05, 3.63) is 0 Å². The minimum absolute atomic E-state index is 0.234. The molecule has 0 aromatic carbocycles. The van der Waals surface area contributed by atoms with Gasteiger partial charge in [-0.1, -0.05) is 0 Å². The molecule has 0 spiro atoms. The molecule has 1 aliphatic heterocycles. The molecule has 0 aromatic rings. The van der Waals surface area contributed by atoms with Gasteiger partial charge in [0.05, 0.1) is 6.10 Å². The molecule has 0 atom stereocenters. The van der Waals surface area contributed by atoms with Gasteiger partial charge >= 0.3 is 12.3 Å². The average molecular weight is 227 g/mol. The highest BCUT2D eigenvalue weighted by Crippen LogP contribution is 2.19. The molecule has 0 aliphatic carbocycles. The van der Waals surface area contributed by atoms with Gasteiger partial charge in [0, 0.05) is 13.1 Å². The van der Waals surface area contributed by atoms with Crippen molar-refractivity contribution in [1.82, 2.24) is 4.90 Å². The Morgan fingerprint density at radius 3 is 2.33 bits per heavy atom. The molecule has 1 saturated heterocycles. The second-order valence-corrected chi connectivity index (χ2v) is 3.40. The number of nitrogens with zero attached hydrogens (tertiary/aromatic N) is 1. The Balaban J connectivity index is 2.23. The maximum absolute atomic E-state index is 11.8. The van der Waals surface area contributed by atoms with E-state index >= 15 is 0 Å². The minimum Gasteiger partial charge on any atom is -0.465 e. The van der Waals surface area contributed by atoms with Crippen LogP contribution in [0.3, 0.4) is 0 Å². The van der Waals surface area contributed by atoms with E-state index in [1.807, 2.05) is 0 Å². The molecule has 0 bridgehead atoms. The molecular formula is C8H12F3NO3. The molecule has 1 aliphatic rings. The van der Waals surface area contributed by atoms with Gasteiger partial charge in [-0.05, 0) is 12.8 Å². The predicted octanol–water partition coefficient (Wildman–Crippen LogP) is 1.71. The van der Waals surface area contributed by atoms with Crippen LogP contribution < -0.4 is 0 Å². The number of ether oxygens (including phenoxy) is 1. The first kappa shape index (κ1) is 12.1. The fraction of sp³-hybridized carbons (Fsp3) is 0.875. The smallest absolute Gasteiger partial charge is 0.411 e. The van der Waals surface area contributed by atoms with Crippen molar-refractivity contribution >= 4 is 6.09 Å². The van der Waals surface area contributed by atoms with Crippen LogP contribution in [0.1, 0.15) is 12.8 Å². The van der Waals surface area contributed by atoms with Crippen molar-refractivity contribution in [2.45, 2.75) is 25.1 Å². The lowest BCUT2D eigenvalue weighted by molar-refractivity contribution is -0.188. The molecular weight excluding hydrogens is 215 g/mol. The molecule has 0 saturated carbocycles. The lowest BCUT2D eigenvalue weighted by atomic mass is 10.1. The van der Waals surface area contributed by atoms with Crippen LogP contribution in [0.2, 0.25) is 0 Å². The third kappa shape index (κ3) is 4.37. The first-order valence-corrected chi connectivity index (χ1v) is 4.55. The number of carbonyl (C=O) groups is 1. The van der Waals surface area contributed by atoms with E-state index in [0.717, 1.165) is 0 Å². The highest BCUT2D eigenvalue weighted by atomic mass is 19.4. The summed E-state index contributed by atoms with van der Waals surface area (Å²) in [5.74, 6) is 0. The Hall–Kier alpha value is -0.980. The summed E-state index contributed by atoms with van der Waals surface area (Å²) in [6.45, 7) is -0.791. The Kier molecular flexibility index (Phi) is 3.78. The largest absolute Gasteiger partial charge is 0.465 e. The number of alkyl halides is 3. The van der Waals surface area contributed by atoms with E-state index in [9.17, 15) is 18.0 Å². The molecule has 1 N–H and O–H groups in total. The second-order valence-electron chi connectivity index (χ2n) is 3.40. The molecule has 1 amide bonds. The van der Waals surface area contributed by atoms with E-state index < -0.39 is 25.0 Å². The first-order chi connectivity index (χ1) is 6.88. The number of halogens is 3. The Bertz CT molecular complexity index is 224. The van der Waals surface area contributed by atoms with Crippen molar-refractivity contribution in [1.29, 1.82) is 0 Å². The highest BCUT2D eigenvalue weighted by Gasteiger charge is 2.31. The van der Waals surface area contributed by atoms with Crippen LogP contribution in [0.15, 0.2) is 0 Å². The van der Waals surface area contributed by atoms with Gasteiger partial charge in [-0.25, -0.2) is 4.79 Å². The summed E-state index contributed by atoms with van der Waals surface area (Å²) in [7, 11) is 0. The van der Waals surface area contributed by atoms with E-state index in [4.69, 9.17) is 5.11 Å². The van der Waals surface area contributed by atoms with E-state index in [2.05, 4.69) is 4.74 Å². The van der Waals surface area contributed by atoms with Crippen LogP contribution in [0, 0.1) is 0 Å². The molecule has 1 rings (SSSR count). The SMILES string of the molecule is O=C(O)N1CCC(OCC(F)(F)F)CC1. The van der Waals surface area contributed by atoms with Crippen LogP contribution in [0.25, 0.3) is 0 Å². The molecule has 0 radical (unpaired) electrons. The van der Waals surface area contributed by atoms with Crippen LogP contribution >= 0.6 is 0 Å². The summed E-state index contributed by atoms with van der Waals surface area (Å²) in [6.07, 6.45) is -5.19. The maximum Gasteiger partial charge on any atom is 0.411 e. The van der Waals surface area contributed by atoms with Gasteiger partial charge in [0.15, 0.2) is 0 Å². The van der Waals surface area contributed by atoms with Crippen molar-refractivity contribution < 1.29 is 27.8 Å². The molecule has 0 aromatic heterocycles. The first-order valence-electron chi connectivity index (χ1n) is 4.55. The number of carboxylic acid groups (broad SMARTS) is 1. The summed E-state index contributed by atoms with van der Waals surface area (Å²) >= 11 is 0.